The SMILES string of the molecule is CC[C@@H](C)NC(=O)[C@H](C)N(Cc1ccc(Cl)cc1)C(=O)COc1ccc(C(C)(C)C)cc1Br. The molecule has 2 aromatic carbocycles. The van der Waals surface area contributed by atoms with E-state index in [9.17, 15) is 9.59 Å². The van der Waals surface area contributed by atoms with E-state index in [-0.39, 0.29) is 36.4 Å². The topological polar surface area (TPSA) is 58.6 Å². The van der Waals surface area contributed by atoms with Crippen LogP contribution in [0.2, 0.25) is 5.02 Å². The Morgan fingerprint density at radius 2 is 1.76 bits per heavy atom. The lowest BCUT2D eigenvalue weighted by molar-refractivity contribution is -0.142. The lowest BCUT2D eigenvalue weighted by Crippen LogP contribution is -2.50. The quantitative estimate of drug-likeness (QED) is 0.420. The van der Waals surface area contributed by atoms with Crippen molar-refractivity contribution >= 4 is 39.3 Å². The molecule has 2 rings (SSSR count). The maximum absolute atomic E-state index is 13.2. The zero-order valence-electron chi connectivity index (χ0n) is 20.2. The summed E-state index contributed by atoms with van der Waals surface area (Å²) in [6.07, 6.45) is 0.811. The zero-order valence-corrected chi connectivity index (χ0v) is 22.6. The minimum atomic E-state index is -0.655. The molecule has 0 unspecified atom stereocenters. The molecule has 0 fully saturated rings. The van der Waals surface area contributed by atoms with E-state index in [1.165, 1.54) is 0 Å². The summed E-state index contributed by atoms with van der Waals surface area (Å²) in [4.78, 5) is 27.5. The van der Waals surface area contributed by atoms with Crippen LogP contribution in [0.4, 0.5) is 0 Å². The van der Waals surface area contributed by atoms with Gasteiger partial charge in [0.1, 0.15) is 11.8 Å². The molecule has 2 aromatic rings. The number of hydrogen-bond donors (Lipinski definition) is 1. The fraction of sp³-hybridized carbons (Fsp3) is 0.462. The number of ether oxygens (including phenoxy) is 1. The van der Waals surface area contributed by atoms with Gasteiger partial charge in [-0.3, -0.25) is 9.59 Å². The van der Waals surface area contributed by atoms with Gasteiger partial charge in [-0.05, 0) is 77.0 Å². The maximum Gasteiger partial charge on any atom is 0.261 e. The third-order valence-corrected chi connectivity index (χ3v) is 6.46. The van der Waals surface area contributed by atoms with Gasteiger partial charge in [-0.25, -0.2) is 0 Å². The number of carbonyl (C=O) groups excluding carboxylic acids is 2. The van der Waals surface area contributed by atoms with E-state index >= 15 is 0 Å². The molecule has 0 saturated heterocycles. The fourth-order valence-electron chi connectivity index (χ4n) is 3.14. The van der Waals surface area contributed by atoms with Gasteiger partial charge < -0.3 is 15.0 Å². The third kappa shape index (κ3) is 8.04. The van der Waals surface area contributed by atoms with E-state index < -0.39 is 6.04 Å². The largest absolute Gasteiger partial charge is 0.483 e. The van der Waals surface area contributed by atoms with Crippen LogP contribution in [0.1, 0.15) is 59.1 Å². The van der Waals surface area contributed by atoms with Crippen molar-refractivity contribution in [1.29, 1.82) is 0 Å². The lowest BCUT2D eigenvalue weighted by atomic mass is 9.87. The molecule has 180 valence electrons. The van der Waals surface area contributed by atoms with Gasteiger partial charge in [0.05, 0.1) is 4.47 Å². The summed E-state index contributed by atoms with van der Waals surface area (Å²) in [5.41, 5.74) is 2.05. The molecule has 2 atom stereocenters. The molecule has 2 amide bonds. The minimum Gasteiger partial charge on any atom is -0.483 e. The number of nitrogens with zero attached hydrogens (tertiary/aromatic N) is 1. The summed E-state index contributed by atoms with van der Waals surface area (Å²) in [7, 11) is 0. The second-order valence-electron chi connectivity index (χ2n) is 9.33. The van der Waals surface area contributed by atoms with Gasteiger partial charge in [-0.15, -0.1) is 0 Å². The highest BCUT2D eigenvalue weighted by Crippen LogP contribution is 2.31. The summed E-state index contributed by atoms with van der Waals surface area (Å²) in [6, 6.07) is 12.5. The Bertz CT molecular complexity index is 957. The molecular formula is C26H34BrClN2O3. The standard InChI is InChI=1S/C26H34BrClN2O3/c1-7-17(2)29-25(32)18(3)30(15-19-8-11-21(28)12-9-19)24(31)16-33-23-13-10-20(14-22(23)27)26(4,5)6/h8-14,17-18H,7,15-16H2,1-6H3,(H,29,32)/t17-,18+/m1/s1. The second-order valence-corrected chi connectivity index (χ2v) is 10.6. The molecule has 0 aliphatic rings. The molecule has 0 radical (unpaired) electrons. The van der Waals surface area contributed by atoms with Crippen LogP contribution in [0.3, 0.4) is 0 Å². The summed E-state index contributed by atoms with van der Waals surface area (Å²) in [6.45, 7) is 12.2. The van der Waals surface area contributed by atoms with Gasteiger partial charge in [-0.2, -0.15) is 0 Å². The molecule has 0 aliphatic carbocycles. The summed E-state index contributed by atoms with van der Waals surface area (Å²) in [5.74, 6) is 0.116. The number of rotatable bonds is 9. The second kappa shape index (κ2) is 11.9. The highest BCUT2D eigenvalue weighted by Gasteiger charge is 2.27. The van der Waals surface area contributed by atoms with Crippen LogP contribution in [-0.2, 0) is 21.5 Å². The molecular weight excluding hydrogens is 504 g/mol. The van der Waals surface area contributed by atoms with Gasteiger partial charge >= 0.3 is 0 Å². The van der Waals surface area contributed by atoms with Crippen LogP contribution >= 0.6 is 27.5 Å². The van der Waals surface area contributed by atoms with Crippen molar-refractivity contribution in [1.82, 2.24) is 10.2 Å². The highest BCUT2D eigenvalue weighted by molar-refractivity contribution is 9.10. The Kier molecular flexibility index (Phi) is 9.80. The van der Waals surface area contributed by atoms with Gasteiger partial charge in [0, 0.05) is 17.6 Å². The molecule has 0 bridgehead atoms. The molecule has 0 heterocycles. The van der Waals surface area contributed by atoms with E-state index in [2.05, 4.69) is 42.0 Å². The first-order valence-corrected chi connectivity index (χ1v) is 12.4. The van der Waals surface area contributed by atoms with E-state index in [1.54, 1.807) is 24.0 Å². The van der Waals surface area contributed by atoms with Crippen LogP contribution < -0.4 is 10.1 Å². The predicted molar refractivity (Wildman–Crippen MR) is 138 cm³/mol. The lowest BCUT2D eigenvalue weighted by Gasteiger charge is -2.29. The minimum absolute atomic E-state index is 0.00463. The van der Waals surface area contributed by atoms with Crippen molar-refractivity contribution in [2.45, 2.75) is 72.0 Å². The Morgan fingerprint density at radius 1 is 1.12 bits per heavy atom. The maximum atomic E-state index is 13.2. The first-order valence-electron chi connectivity index (χ1n) is 11.2. The van der Waals surface area contributed by atoms with Crippen LogP contribution in [0.15, 0.2) is 46.9 Å². The number of nitrogens with one attached hydrogen (secondary N) is 1. The van der Waals surface area contributed by atoms with Crippen molar-refractivity contribution in [3.63, 3.8) is 0 Å². The number of hydrogen-bond acceptors (Lipinski definition) is 3. The monoisotopic (exact) mass is 536 g/mol. The number of carbonyl (C=O) groups is 2. The molecule has 5 nitrogen and oxygen atoms in total. The van der Waals surface area contributed by atoms with Gasteiger partial charge in [-0.1, -0.05) is 57.5 Å². The Balaban J connectivity index is 2.18. The third-order valence-electron chi connectivity index (χ3n) is 5.58. The summed E-state index contributed by atoms with van der Waals surface area (Å²) in [5, 5.41) is 3.58. The Morgan fingerprint density at radius 3 is 2.30 bits per heavy atom. The van der Waals surface area contributed by atoms with Crippen molar-refractivity contribution in [2.75, 3.05) is 6.61 Å². The molecule has 0 aliphatic heterocycles. The van der Waals surface area contributed by atoms with Crippen molar-refractivity contribution < 1.29 is 14.3 Å². The Labute approximate surface area is 211 Å². The molecule has 7 heteroatoms. The predicted octanol–water partition coefficient (Wildman–Crippen LogP) is 6.11. The van der Waals surface area contributed by atoms with E-state index in [0.717, 1.165) is 22.0 Å². The average molecular weight is 538 g/mol. The van der Waals surface area contributed by atoms with Crippen molar-refractivity contribution in [2.24, 2.45) is 0 Å². The van der Waals surface area contributed by atoms with E-state index in [1.807, 2.05) is 44.2 Å². The molecule has 0 spiro atoms. The summed E-state index contributed by atoms with van der Waals surface area (Å²) >= 11 is 9.55. The van der Waals surface area contributed by atoms with Crippen LogP contribution in [-0.4, -0.2) is 35.4 Å². The smallest absolute Gasteiger partial charge is 0.261 e. The summed E-state index contributed by atoms with van der Waals surface area (Å²) < 4.78 is 6.63. The van der Waals surface area contributed by atoms with Crippen LogP contribution in [0.25, 0.3) is 0 Å². The van der Waals surface area contributed by atoms with Crippen LogP contribution in [0, 0.1) is 0 Å². The van der Waals surface area contributed by atoms with E-state index in [4.69, 9.17) is 16.3 Å². The van der Waals surface area contributed by atoms with Gasteiger partial charge in [0.15, 0.2) is 6.61 Å². The molecule has 0 aromatic heterocycles. The number of halogens is 2. The normalized spacial score (nSPS) is 13.2. The molecule has 0 saturated carbocycles. The van der Waals surface area contributed by atoms with E-state index in [0.29, 0.717) is 10.8 Å². The molecule has 33 heavy (non-hydrogen) atoms. The van der Waals surface area contributed by atoms with Gasteiger partial charge in [0.25, 0.3) is 5.91 Å². The first-order chi connectivity index (χ1) is 15.4. The van der Waals surface area contributed by atoms with Crippen LogP contribution in [0.5, 0.6) is 5.75 Å². The highest BCUT2D eigenvalue weighted by atomic mass is 79.9. The van der Waals surface area contributed by atoms with Crippen molar-refractivity contribution in [3.05, 3.63) is 63.1 Å². The fourth-order valence-corrected chi connectivity index (χ4v) is 3.76. The first kappa shape index (κ1) is 27.2. The number of benzene rings is 2. The molecule has 1 N–H and O–H groups in total. The zero-order chi connectivity index (χ0) is 24.8. The van der Waals surface area contributed by atoms with Gasteiger partial charge in [0.2, 0.25) is 5.91 Å². The average Bonchev–Trinajstić information content (AvgIpc) is 2.76. The number of amides is 2. The Hall–Kier alpha value is -2.05. The van der Waals surface area contributed by atoms with Crippen molar-refractivity contribution in [3.8, 4) is 5.75 Å².